The van der Waals surface area contributed by atoms with Crippen molar-refractivity contribution >= 4 is 10.8 Å². The summed E-state index contributed by atoms with van der Waals surface area (Å²) >= 11 is 0. The zero-order chi connectivity index (χ0) is 24.1. The van der Waals surface area contributed by atoms with Gasteiger partial charge < -0.3 is 18.9 Å². The van der Waals surface area contributed by atoms with Crippen molar-refractivity contribution in [2.24, 2.45) is 0 Å². The molecule has 3 aromatic carbocycles. The lowest BCUT2D eigenvalue weighted by molar-refractivity contribution is 0.179. The maximum atomic E-state index is 13.0. The summed E-state index contributed by atoms with van der Waals surface area (Å²) in [7, 11) is 5.53. The van der Waals surface area contributed by atoms with Crippen LogP contribution in [0.2, 0.25) is 0 Å². The van der Waals surface area contributed by atoms with E-state index in [9.17, 15) is 4.21 Å². The molecule has 0 saturated carbocycles. The first-order valence-corrected chi connectivity index (χ1v) is 12.5. The summed E-state index contributed by atoms with van der Waals surface area (Å²) in [6.07, 6.45) is 0.795. The highest BCUT2D eigenvalue weighted by Crippen LogP contribution is 2.42. The van der Waals surface area contributed by atoms with Gasteiger partial charge in [-0.3, -0.25) is 9.11 Å². The van der Waals surface area contributed by atoms with Crippen molar-refractivity contribution in [3.05, 3.63) is 77.4 Å². The molecule has 1 unspecified atom stereocenters. The van der Waals surface area contributed by atoms with Crippen LogP contribution < -0.4 is 18.9 Å². The third-order valence-electron chi connectivity index (χ3n) is 6.32. The van der Waals surface area contributed by atoms with Gasteiger partial charge in [-0.15, -0.1) is 0 Å². The van der Waals surface area contributed by atoms with Gasteiger partial charge in [-0.05, 0) is 47.9 Å². The molecule has 3 aromatic rings. The van der Waals surface area contributed by atoms with Crippen molar-refractivity contribution in [3.8, 4) is 23.0 Å². The Labute approximate surface area is 203 Å². The predicted octanol–water partition coefficient (Wildman–Crippen LogP) is 4.63. The lowest BCUT2D eigenvalue weighted by atomic mass is 9.89. The molecule has 0 spiro atoms. The number of benzene rings is 3. The Morgan fingerprint density at radius 2 is 1.56 bits per heavy atom. The largest absolute Gasteiger partial charge is 0.493 e. The van der Waals surface area contributed by atoms with Crippen molar-refractivity contribution in [2.45, 2.75) is 23.9 Å². The third kappa shape index (κ3) is 4.91. The Kier molecular flexibility index (Phi) is 7.75. The van der Waals surface area contributed by atoms with E-state index >= 15 is 0 Å². The summed E-state index contributed by atoms with van der Waals surface area (Å²) in [5, 5.41) is 0. The van der Waals surface area contributed by atoms with Gasteiger partial charge in [0.1, 0.15) is 0 Å². The van der Waals surface area contributed by atoms with Crippen LogP contribution in [0.4, 0.5) is 0 Å². The van der Waals surface area contributed by atoms with Crippen molar-refractivity contribution in [1.82, 2.24) is 4.90 Å². The third-order valence-corrected chi connectivity index (χ3v) is 7.67. The minimum absolute atomic E-state index is 0.0955. The molecule has 1 heterocycles. The molecule has 1 aliphatic heterocycles. The molecule has 0 aromatic heterocycles. The van der Waals surface area contributed by atoms with E-state index in [2.05, 4.69) is 17.0 Å². The zero-order valence-electron chi connectivity index (χ0n) is 20.1. The number of rotatable bonds is 9. The van der Waals surface area contributed by atoms with Gasteiger partial charge in [0.15, 0.2) is 23.0 Å². The first-order chi connectivity index (χ1) is 16.6. The van der Waals surface area contributed by atoms with Crippen LogP contribution in [0.3, 0.4) is 0 Å². The minimum Gasteiger partial charge on any atom is -0.493 e. The van der Waals surface area contributed by atoms with E-state index in [0.717, 1.165) is 33.9 Å². The van der Waals surface area contributed by atoms with Crippen LogP contribution in [0.25, 0.3) is 0 Å². The highest BCUT2D eigenvalue weighted by molar-refractivity contribution is 7.85. The van der Waals surface area contributed by atoms with E-state index in [1.165, 1.54) is 5.56 Å². The molecule has 0 N–H and O–H groups in total. The normalized spacial score (nSPS) is 16.4. The van der Waals surface area contributed by atoms with Crippen LogP contribution in [0.5, 0.6) is 23.0 Å². The summed E-state index contributed by atoms with van der Waals surface area (Å²) in [6, 6.07) is 19.9. The van der Waals surface area contributed by atoms with Crippen LogP contribution in [-0.4, -0.2) is 49.8 Å². The van der Waals surface area contributed by atoms with E-state index in [4.69, 9.17) is 18.9 Å². The average Bonchev–Trinajstić information content (AvgIpc) is 2.90. The average molecular weight is 482 g/mol. The number of hydrogen-bond acceptors (Lipinski definition) is 6. The molecule has 180 valence electrons. The minimum atomic E-state index is -1.08. The van der Waals surface area contributed by atoms with Gasteiger partial charge in [0.2, 0.25) is 0 Å². The van der Waals surface area contributed by atoms with Gasteiger partial charge in [0, 0.05) is 35.3 Å². The summed E-state index contributed by atoms with van der Waals surface area (Å²) in [5.74, 6) is 3.42. The van der Waals surface area contributed by atoms with Crippen LogP contribution in [0.1, 0.15) is 22.7 Å². The van der Waals surface area contributed by atoms with E-state index in [1.807, 2.05) is 48.5 Å². The van der Waals surface area contributed by atoms with Gasteiger partial charge in [0.05, 0.1) is 39.2 Å². The first-order valence-electron chi connectivity index (χ1n) is 11.2. The quantitative estimate of drug-likeness (QED) is 0.444. The lowest BCUT2D eigenvalue weighted by Gasteiger charge is -2.38. The molecule has 0 fully saturated rings. The lowest BCUT2D eigenvalue weighted by Crippen LogP contribution is -2.37. The molecular formula is C27H31NO5S. The highest BCUT2D eigenvalue weighted by atomic mass is 32.2. The van der Waals surface area contributed by atoms with Crippen molar-refractivity contribution in [2.75, 3.05) is 40.7 Å². The Morgan fingerprint density at radius 1 is 0.853 bits per heavy atom. The molecule has 4 rings (SSSR count). The maximum Gasteiger partial charge on any atom is 0.165 e. The zero-order valence-corrected chi connectivity index (χ0v) is 20.9. The fourth-order valence-electron chi connectivity index (χ4n) is 4.56. The molecule has 0 bridgehead atoms. The predicted molar refractivity (Wildman–Crippen MR) is 134 cm³/mol. The molecular weight excluding hydrogens is 450 g/mol. The molecule has 1 aliphatic rings. The number of methoxy groups -OCH3 is 4. The Hall–Kier alpha value is -3.03. The second kappa shape index (κ2) is 10.9. The summed E-state index contributed by atoms with van der Waals surface area (Å²) in [4.78, 5) is 3.22. The molecule has 0 radical (unpaired) electrons. The smallest absolute Gasteiger partial charge is 0.165 e. The van der Waals surface area contributed by atoms with Gasteiger partial charge in [-0.1, -0.05) is 30.3 Å². The molecule has 34 heavy (non-hydrogen) atoms. The standard InChI is InChI=1S/C27H31NO5S/c1-30-24-12-11-20(17-26(24)32-3)23-16-19-10-13-25(31-2)27(33-4)22(19)18-28(23)14-15-34(29)21-8-6-5-7-9-21/h5-13,17,23H,14-16,18H2,1-4H3/t23-,34?/m0/s1. The van der Waals surface area contributed by atoms with Gasteiger partial charge in [-0.2, -0.15) is 0 Å². The van der Waals surface area contributed by atoms with Crippen molar-refractivity contribution in [1.29, 1.82) is 0 Å². The van der Waals surface area contributed by atoms with Crippen molar-refractivity contribution < 1.29 is 23.2 Å². The maximum absolute atomic E-state index is 13.0. The number of hydrogen-bond donors (Lipinski definition) is 0. The van der Waals surface area contributed by atoms with Gasteiger partial charge >= 0.3 is 0 Å². The van der Waals surface area contributed by atoms with E-state index in [1.54, 1.807) is 28.4 Å². The molecule has 0 amide bonds. The second-order valence-corrected chi connectivity index (χ2v) is 9.68. The summed E-state index contributed by atoms with van der Waals surface area (Å²) < 4.78 is 35.3. The number of fused-ring (bicyclic) bond motifs is 1. The Balaban J connectivity index is 1.68. The fourth-order valence-corrected chi connectivity index (χ4v) is 5.66. The second-order valence-electron chi connectivity index (χ2n) is 8.11. The first kappa shape index (κ1) is 24.1. The monoisotopic (exact) mass is 481 g/mol. The van der Waals surface area contributed by atoms with Crippen LogP contribution in [-0.2, 0) is 23.8 Å². The Morgan fingerprint density at radius 3 is 2.24 bits per heavy atom. The number of nitrogens with zero attached hydrogens (tertiary/aromatic N) is 1. The number of ether oxygens (including phenoxy) is 4. The van der Waals surface area contributed by atoms with E-state index < -0.39 is 10.8 Å². The highest BCUT2D eigenvalue weighted by Gasteiger charge is 2.31. The summed E-state index contributed by atoms with van der Waals surface area (Å²) in [6.45, 7) is 1.33. The summed E-state index contributed by atoms with van der Waals surface area (Å²) in [5.41, 5.74) is 3.46. The Bertz CT molecular complexity index is 1150. The van der Waals surface area contributed by atoms with E-state index in [0.29, 0.717) is 30.3 Å². The fraction of sp³-hybridized carbons (Fsp3) is 0.333. The topological polar surface area (TPSA) is 57.2 Å². The SMILES string of the molecule is COc1ccc([C@@H]2Cc3ccc(OC)c(OC)c3CN2CCS(=O)c2ccccc2)cc1OC. The molecule has 6 nitrogen and oxygen atoms in total. The molecule has 0 aliphatic carbocycles. The van der Waals surface area contributed by atoms with E-state index in [-0.39, 0.29) is 6.04 Å². The van der Waals surface area contributed by atoms with Gasteiger partial charge in [-0.25, -0.2) is 0 Å². The van der Waals surface area contributed by atoms with Crippen LogP contribution in [0, 0.1) is 0 Å². The molecule has 7 heteroatoms. The van der Waals surface area contributed by atoms with Crippen LogP contribution >= 0.6 is 0 Å². The molecule has 0 saturated heterocycles. The van der Waals surface area contributed by atoms with Crippen LogP contribution in [0.15, 0.2) is 65.6 Å². The molecule has 2 atom stereocenters. The van der Waals surface area contributed by atoms with Crippen molar-refractivity contribution in [3.63, 3.8) is 0 Å². The van der Waals surface area contributed by atoms with Gasteiger partial charge in [0.25, 0.3) is 0 Å².